The van der Waals surface area contributed by atoms with Gasteiger partial charge < -0.3 is 10.6 Å². The minimum absolute atomic E-state index is 0.00951. The van der Waals surface area contributed by atoms with E-state index in [-0.39, 0.29) is 18.0 Å². The number of rotatable bonds is 2. The van der Waals surface area contributed by atoms with Crippen LogP contribution in [0.15, 0.2) is 54.6 Å². The Morgan fingerprint density at radius 2 is 1.62 bits per heavy atom. The second-order valence-corrected chi connectivity index (χ2v) is 5.64. The molecular weight excluding hydrogens is 260 g/mol. The molecule has 21 heavy (non-hydrogen) atoms. The topological polar surface area (TPSA) is 46.3 Å². The van der Waals surface area contributed by atoms with Crippen molar-refractivity contribution in [1.29, 1.82) is 0 Å². The molecule has 3 rings (SSSR count). The van der Waals surface area contributed by atoms with E-state index in [9.17, 15) is 4.79 Å². The lowest BCUT2D eigenvalue weighted by Gasteiger charge is -2.37. The highest BCUT2D eigenvalue weighted by atomic mass is 16.2. The smallest absolute Gasteiger partial charge is 0.222 e. The van der Waals surface area contributed by atoms with Gasteiger partial charge in [0.2, 0.25) is 5.91 Å². The molecule has 2 aromatic rings. The minimum Gasteiger partial charge on any atom is -0.337 e. The quantitative estimate of drug-likeness (QED) is 0.919. The van der Waals surface area contributed by atoms with Gasteiger partial charge in [-0.1, -0.05) is 54.6 Å². The van der Waals surface area contributed by atoms with Gasteiger partial charge in [-0.25, -0.2) is 0 Å². The summed E-state index contributed by atoms with van der Waals surface area (Å²) in [5.74, 6) is 0.175. The largest absolute Gasteiger partial charge is 0.337 e. The number of hydrogen-bond acceptors (Lipinski definition) is 2. The van der Waals surface area contributed by atoms with E-state index < -0.39 is 0 Å². The van der Waals surface area contributed by atoms with Crippen molar-refractivity contribution in [1.82, 2.24) is 4.90 Å². The molecule has 0 aliphatic carbocycles. The summed E-state index contributed by atoms with van der Waals surface area (Å²) >= 11 is 0. The number of benzene rings is 2. The van der Waals surface area contributed by atoms with Crippen molar-refractivity contribution >= 4 is 5.91 Å². The first-order valence-electron chi connectivity index (χ1n) is 7.33. The van der Waals surface area contributed by atoms with Gasteiger partial charge in [-0.3, -0.25) is 4.79 Å². The van der Waals surface area contributed by atoms with Crippen molar-refractivity contribution in [2.75, 3.05) is 7.05 Å². The fourth-order valence-corrected chi connectivity index (χ4v) is 3.04. The zero-order valence-corrected chi connectivity index (χ0v) is 12.2. The third-order valence-corrected chi connectivity index (χ3v) is 4.27. The molecular formula is C18H20N2O. The van der Waals surface area contributed by atoms with E-state index in [1.165, 1.54) is 11.1 Å². The van der Waals surface area contributed by atoms with E-state index in [1.54, 1.807) is 4.90 Å². The van der Waals surface area contributed by atoms with Crippen LogP contribution < -0.4 is 5.73 Å². The Kier molecular flexibility index (Phi) is 3.76. The van der Waals surface area contributed by atoms with Gasteiger partial charge in [0.1, 0.15) is 0 Å². The normalized spacial score (nSPS) is 22.4. The first-order valence-corrected chi connectivity index (χ1v) is 7.33. The fraction of sp³-hybridized carbons (Fsp3) is 0.278. The maximum atomic E-state index is 11.9. The number of nitrogens with two attached hydrogens (primary N) is 1. The number of hydrogen-bond donors (Lipinski definition) is 1. The maximum Gasteiger partial charge on any atom is 0.222 e. The average molecular weight is 280 g/mol. The molecule has 0 aromatic heterocycles. The zero-order valence-electron chi connectivity index (χ0n) is 12.2. The summed E-state index contributed by atoms with van der Waals surface area (Å²) in [7, 11) is 1.84. The average Bonchev–Trinajstić information content (AvgIpc) is 2.53. The van der Waals surface area contributed by atoms with Crippen molar-refractivity contribution in [3.8, 4) is 11.1 Å². The second-order valence-electron chi connectivity index (χ2n) is 5.64. The van der Waals surface area contributed by atoms with Crippen LogP contribution in [-0.2, 0) is 4.79 Å². The molecule has 2 atom stereocenters. The van der Waals surface area contributed by atoms with Crippen LogP contribution in [0.5, 0.6) is 0 Å². The highest BCUT2D eigenvalue weighted by molar-refractivity contribution is 5.77. The van der Waals surface area contributed by atoms with Crippen LogP contribution in [0.1, 0.15) is 24.4 Å². The van der Waals surface area contributed by atoms with Gasteiger partial charge in [0, 0.05) is 19.5 Å². The van der Waals surface area contributed by atoms with Gasteiger partial charge in [0.25, 0.3) is 0 Å². The van der Waals surface area contributed by atoms with E-state index in [1.807, 2.05) is 25.2 Å². The number of piperidine rings is 1. The fourth-order valence-electron chi connectivity index (χ4n) is 3.04. The number of carbonyl (C=O) groups is 1. The molecule has 1 fully saturated rings. The van der Waals surface area contributed by atoms with Crippen LogP contribution in [0.4, 0.5) is 0 Å². The molecule has 1 aliphatic heterocycles. The number of likely N-dealkylation sites (tertiary alicyclic amines) is 1. The molecule has 1 amide bonds. The van der Waals surface area contributed by atoms with Crippen LogP contribution in [-0.4, -0.2) is 23.9 Å². The minimum atomic E-state index is -0.0175. The second kappa shape index (κ2) is 5.70. The molecule has 3 nitrogen and oxygen atoms in total. The number of nitrogens with zero attached hydrogens (tertiary/aromatic N) is 1. The monoisotopic (exact) mass is 280 g/mol. The number of amides is 1. The summed E-state index contributed by atoms with van der Waals surface area (Å²) in [6, 6.07) is 18.6. The van der Waals surface area contributed by atoms with Crippen molar-refractivity contribution in [3.63, 3.8) is 0 Å². The third-order valence-electron chi connectivity index (χ3n) is 4.27. The van der Waals surface area contributed by atoms with E-state index in [0.717, 1.165) is 12.0 Å². The summed E-state index contributed by atoms with van der Waals surface area (Å²) in [6.07, 6.45) is 1.31. The Balaban J connectivity index is 1.88. The lowest BCUT2D eigenvalue weighted by atomic mass is 9.90. The van der Waals surface area contributed by atoms with Gasteiger partial charge in [-0.05, 0) is 23.1 Å². The summed E-state index contributed by atoms with van der Waals surface area (Å²) in [5, 5.41) is 0. The molecule has 0 bridgehead atoms. The predicted molar refractivity (Wildman–Crippen MR) is 84.6 cm³/mol. The van der Waals surface area contributed by atoms with E-state index in [0.29, 0.717) is 6.42 Å². The molecule has 2 N–H and O–H groups in total. The first-order chi connectivity index (χ1) is 10.2. The van der Waals surface area contributed by atoms with E-state index in [4.69, 9.17) is 5.73 Å². The van der Waals surface area contributed by atoms with Crippen LogP contribution in [0.25, 0.3) is 11.1 Å². The standard InChI is InChI=1S/C18H20N2O/c1-20-17(21)12-11-16(19)18(20)15-9-7-14(8-10-15)13-5-3-2-4-6-13/h2-10,16,18H,11-12,19H2,1H3. The van der Waals surface area contributed by atoms with Crippen molar-refractivity contribution in [2.24, 2.45) is 5.73 Å². The SMILES string of the molecule is CN1C(=O)CCC(N)C1c1ccc(-c2ccccc2)cc1. The third kappa shape index (κ3) is 2.69. The molecule has 1 saturated heterocycles. The predicted octanol–water partition coefficient (Wildman–Crippen LogP) is 2.97. The summed E-state index contributed by atoms with van der Waals surface area (Å²) < 4.78 is 0. The Morgan fingerprint density at radius 1 is 1.00 bits per heavy atom. The summed E-state index contributed by atoms with van der Waals surface area (Å²) in [4.78, 5) is 13.7. The molecule has 2 aromatic carbocycles. The van der Waals surface area contributed by atoms with Crippen molar-refractivity contribution in [2.45, 2.75) is 24.9 Å². The molecule has 0 radical (unpaired) electrons. The molecule has 0 spiro atoms. The number of carbonyl (C=O) groups excluding carboxylic acids is 1. The van der Waals surface area contributed by atoms with E-state index >= 15 is 0 Å². The zero-order chi connectivity index (χ0) is 14.8. The summed E-state index contributed by atoms with van der Waals surface area (Å²) in [6.45, 7) is 0. The Bertz CT molecular complexity index is 621. The molecule has 108 valence electrons. The Hall–Kier alpha value is -2.13. The lowest BCUT2D eigenvalue weighted by Crippen LogP contribution is -2.46. The Labute approximate surface area is 125 Å². The Morgan fingerprint density at radius 3 is 2.29 bits per heavy atom. The lowest BCUT2D eigenvalue weighted by molar-refractivity contribution is -0.135. The highest BCUT2D eigenvalue weighted by Crippen LogP contribution is 2.31. The van der Waals surface area contributed by atoms with Crippen LogP contribution in [0.2, 0.25) is 0 Å². The maximum absolute atomic E-state index is 11.9. The van der Waals surface area contributed by atoms with Gasteiger partial charge in [0.15, 0.2) is 0 Å². The van der Waals surface area contributed by atoms with E-state index in [2.05, 4.69) is 36.4 Å². The molecule has 1 heterocycles. The van der Waals surface area contributed by atoms with Gasteiger partial charge >= 0.3 is 0 Å². The highest BCUT2D eigenvalue weighted by Gasteiger charge is 2.32. The molecule has 3 heteroatoms. The van der Waals surface area contributed by atoms with Crippen LogP contribution in [0.3, 0.4) is 0 Å². The first kappa shape index (κ1) is 13.8. The molecule has 1 aliphatic rings. The number of likely N-dealkylation sites (N-methyl/N-ethyl adjacent to an activating group) is 1. The van der Waals surface area contributed by atoms with Gasteiger partial charge in [-0.2, -0.15) is 0 Å². The van der Waals surface area contributed by atoms with Gasteiger partial charge in [0.05, 0.1) is 6.04 Å². The van der Waals surface area contributed by atoms with Crippen LogP contribution in [0, 0.1) is 0 Å². The molecule has 0 saturated carbocycles. The molecule has 2 unspecified atom stereocenters. The van der Waals surface area contributed by atoms with Crippen molar-refractivity contribution < 1.29 is 4.79 Å². The van der Waals surface area contributed by atoms with Crippen LogP contribution >= 0.6 is 0 Å². The summed E-state index contributed by atoms with van der Waals surface area (Å²) in [5.41, 5.74) is 9.70. The van der Waals surface area contributed by atoms with Crippen molar-refractivity contribution in [3.05, 3.63) is 60.2 Å². The van der Waals surface area contributed by atoms with Gasteiger partial charge in [-0.15, -0.1) is 0 Å².